The van der Waals surface area contributed by atoms with E-state index in [1.807, 2.05) is 13.8 Å². The van der Waals surface area contributed by atoms with E-state index >= 15 is 0 Å². The maximum Gasteiger partial charge on any atom is 0.220 e. The molecule has 1 aromatic rings. The van der Waals surface area contributed by atoms with Gasteiger partial charge in [0.05, 0.1) is 0 Å². The van der Waals surface area contributed by atoms with Crippen molar-refractivity contribution in [3.8, 4) is 0 Å². The molecule has 0 bridgehead atoms. The van der Waals surface area contributed by atoms with Crippen LogP contribution in [0.4, 0.5) is 4.39 Å². The van der Waals surface area contributed by atoms with Gasteiger partial charge < -0.3 is 10.4 Å². The Hall–Kier alpha value is -1.75. The van der Waals surface area contributed by atoms with Crippen LogP contribution in [0.15, 0.2) is 24.3 Å². The number of aliphatic hydroxyl groups is 1. The number of nitrogens with one attached hydrogen (secondary N) is 1. The van der Waals surface area contributed by atoms with Crippen LogP contribution in [0, 0.1) is 5.82 Å². The predicted molar refractivity (Wildman–Crippen MR) is 78.5 cm³/mol. The molecule has 0 fully saturated rings. The lowest BCUT2D eigenvalue weighted by atomic mass is 9.94. The molecule has 0 spiro atoms. The SMILES string of the molecule is CCC(C)(CCO)NC(=O)CCC(=O)c1ccc(F)cc1. The van der Waals surface area contributed by atoms with Crippen molar-refractivity contribution in [2.75, 3.05) is 6.61 Å². The molecule has 1 rings (SSSR count). The van der Waals surface area contributed by atoms with E-state index in [0.29, 0.717) is 18.4 Å². The summed E-state index contributed by atoms with van der Waals surface area (Å²) in [5, 5.41) is 11.8. The van der Waals surface area contributed by atoms with Gasteiger partial charge >= 0.3 is 0 Å². The van der Waals surface area contributed by atoms with Crippen LogP contribution in [0.5, 0.6) is 0 Å². The van der Waals surface area contributed by atoms with Crippen LogP contribution in [-0.4, -0.2) is 28.9 Å². The first kappa shape index (κ1) is 17.3. The Bertz CT molecular complexity index is 487. The zero-order valence-corrected chi connectivity index (χ0v) is 12.5. The lowest BCUT2D eigenvalue weighted by molar-refractivity contribution is -0.123. The van der Waals surface area contributed by atoms with Crippen LogP contribution < -0.4 is 5.32 Å². The van der Waals surface area contributed by atoms with Gasteiger partial charge in [-0.15, -0.1) is 0 Å². The lowest BCUT2D eigenvalue weighted by Crippen LogP contribution is -2.46. The summed E-state index contributed by atoms with van der Waals surface area (Å²) >= 11 is 0. The number of carbonyl (C=O) groups is 2. The number of halogens is 1. The third-order valence-electron chi connectivity index (χ3n) is 3.63. The Kier molecular flexibility index (Phi) is 6.49. The predicted octanol–water partition coefficient (Wildman–Crippen LogP) is 2.46. The molecular weight excluding hydrogens is 273 g/mol. The normalized spacial score (nSPS) is 13.5. The van der Waals surface area contributed by atoms with Gasteiger partial charge in [-0.2, -0.15) is 0 Å². The third-order valence-corrected chi connectivity index (χ3v) is 3.63. The molecule has 4 nitrogen and oxygen atoms in total. The van der Waals surface area contributed by atoms with Crippen molar-refractivity contribution in [1.29, 1.82) is 0 Å². The molecule has 21 heavy (non-hydrogen) atoms. The number of rotatable bonds is 8. The van der Waals surface area contributed by atoms with Crippen LogP contribution >= 0.6 is 0 Å². The molecule has 2 N–H and O–H groups in total. The average Bonchev–Trinajstić information content (AvgIpc) is 2.45. The number of ketones is 1. The quantitative estimate of drug-likeness (QED) is 0.724. The summed E-state index contributed by atoms with van der Waals surface area (Å²) in [6.45, 7) is 3.79. The smallest absolute Gasteiger partial charge is 0.220 e. The highest BCUT2D eigenvalue weighted by molar-refractivity contribution is 5.97. The highest BCUT2D eigenvalue weighted by Gasteiger charge is 2.23. The topological polar surface area (TPSA) is 66.4 Å². The van der Waals surface area contributed by atoms with E-state index in [2.05, 4.69) is 5.32 Å². The first-order chi connectivity index (χ1) is 9.90. The van der Waals surface area contributed by atoms with Gasteiger partial charge in [0.15, 0.2) is 5.78 Å². The van der Waals surface area contributed by atoms with Crippen molar-refractivity contribution in [2.45, 2.75) is 45.1 Å². The molecule has 0 saturated carbocycles. The Morgan fingerprint density at radius 1 is 1.24 bits per heavy atom. The molecule has 0 aliphatic heterocycles. The number of hydrogen-bond acceptors (Lipinski definition) is 3. The fourth-order valence-corrected chi connectivity index (χ4v) is 1.98. The van der Waals surface area contributed by atoms with Crippen LogP contribution in [-0.2, 0) is 4.79 Å². The maximum absolute atomic E-state index is 12.8. The van der Waals surface area contributed by atoms with E-state index in [0.717, 1.165) is 0 Å². The van der Waals surface area contributed by atoms with E-state index in [1.54, 1.807) is 0 Å². The molecule has 0 heterocycles. The standard InChI is InChI=1S/C16H22FNO3/c1-3-16(2,10-11-19)18-15(21)9-8-14(20)12-4-6-13(17)7-5-12/h4-7,19H,3,8-11H2,1-2H3,(H,18,21). The Balaban J connectivity index is 2.49. The molecule has 0 aliphatic carbocycles. The van der Waals surface area contributed by atoms with Gasteiger partial charge in [-0.3, -0.25) is 9.59 Å². The van der Waals surface area contributed by atoms with Crippen LogP contribution in [0.25, 0.3) is 0 Å². The summed E-state index contributed by atoms with van der Waals surface area (Å²) in [5.41, 5.74) is -0.0529. The molecule has 0 aliphatic rings. The lowest BCUT2D eigenvalue weighted by Gasteiger charge is -2.29. The van der Waals surface area contributed by atoms with E-state index in [-0.39, 0.29) is 31.1 Å². The first-order valence-electron chi connectivity index (χ1n) is 7.11. The average molecular weight is 295 g/mol. The van der Waals surface area contributed by atoms with Crippen molar-refractivity contribution < 1.29 is 19.1 Å². The molecule has 0 aromatic heterocycles. The summed E-state index contributed by atoms with van der Waals surface area (Å²) in [6.07, 6.45) is 1.33. The van der Waals surface area contributed by atoms with Crippen molar-refractivity contribution in [1.82, 2.24) is 5.32 Å². The Labute approximate surface area is 124 Å². The number of benzene rings is 1. The van der Waals surface area contributed by atoms with Crippen molar-refractivity contribution in [3.05, 3.63) is 35.6 Å². The zero-order chi connectivity index (χ0) is 15.9. The van der Waals surface area contributed by atoms with E-state index in [9.17, 15) is 14.0 Å². The molecule has 1 atom stereocenters. The molecule has 116 valence electrons. The number of aliphatic hydroxyl groups excluding tert-OH is 1. The number of carbonyl (C=O) groups excluding carboxylic acids is 2. The summed E-state index contributed by atoms with van der Waals surface area (Å²) in [5.74, 6) is -0.805. The first-order valence-corrected chi connectivity index (χ1v) is 7.11. The number of hydrogen-bond donors (Lipinski definition) is 2. The number of Topliss-reactive ketones (excluding diaryl/α,β-unsaturated/α-hetero) is 1. The minimum Gasteiger partial charge on any atom is -0.396 e. The van der Waals surface area contributed by atoms with Gasteiger partial charge in [0, 0.05) is 30.6 Å². The van der Waals surface area contributed by atoms with Crippen LogP contribution in [0.2, 0.25) is 0 Å². The second kappa shape index (κ2) is 7.88. The minimum absolute atomic E-state index is 0.000863. The summed E-state index contributed by atoms with van der Waals surface area (Å²) in [6, 6.07) is 5.28. The van der Waals surface area contributed by atoms with Crippen LogP contribution in [0.1, 0.15) is 49.9 Å². The molecule has 0 radical (unpaired) electrons. The third kappa shape index (κ3) is 5.63. The Morgan fingerprint density at radius 3 is 2.38 bits per heavy atom. The maximum atomic E-state index is 12.8. The van der Waals surface area contributed by atoms with Crippen molar-refractivity contribution >= 4 is 11.7 Å². The zero-order valence-electron chi connectivity index (χ0n) is 12.5. The summed E-state index contributed by atoms with van der Waals surface area (Å²) in [7, 11) is 0. The minimum atomic E-state index is -0.454. The van der Waals surface area contributed by atoms with E-state index < -0.39 is 11.4 Å². The highest BCUT2D eigenvalue weighted by atomic mass is 19.1. The monoisotopic (exact) mass is 295 g/mol. The highest BCUT2D eigenvalue weighted by Crippen LogP contribution is 2.14. The van der Waals surface area contributed by atoms with Crippen molar-refractivity contribution in [3.63, 3.8) is 0 Å². The molecule has 5 heteroatoms. The summed E-state index contributed by atoms with van der Waals surface area (Å²) in [4.78, 5) is 23.8. The largest absolute Gasteiger partial charge is 0.396 e. The molecule has 1 amide bonds. The Morgan fingerprint density at radius 2 is 1.86 bits per heavy atom. The molecular formula is C16H22FNO3. The van der Waals surface area contributed by atoms with Gasteiger partial charge in [0.2, 0.25) is 5.91 Å². The fraction of sp³-hybridized carbons (Fsp3) is 0.500. The van der Waals surface area contributed by atoms with Gasteiger partial charge in [-0.1, -0.05) is 6.92 Å². The second-order valence-electron chi connectivity index (χ2n) is 5.37. The summed E-state index contributed by atoms with van der Waals surface area (Å²) < 4.78 is 12.8. The number of amides is 1. The van der Waals surface area contributed by atoms with Gasteiger partial charge in [0.25, 0.3) is 0 Å². The second-order valence-corrected chi connectivity index (χ2v) is 5.37. The molecule has 0 saturated heterocycles. The fourth-order valence-electron chi connectivity index (χ4n) is 1.98. The van der Waals surface area contributed by atoms with E-state index in [4.69, 9.17) is 5.11 Å². The molecule has 1 unspecified atom stereocenters. The molecule has 1 aromatic carbocycles. The van der Waals surface area contributed by atoms with Gasteiger partial charge in [-0.25, -0.2) is 4.39 Å². The van der Waals surface area contributed by atoms with E-state index in [1.165, 1.54) is 24.3 Å². The van der Waals surface area contributed by atoms with Crippen LogP contribution in [0.3, 0.4) is 0 Å². The van der Waals surface area contributed by atoms with Gasteiger partial charge in [0.1, 0.15) is 5.82 Å². The van der Waals surface area contributed by atoms with Crippen molar-refractivity contribution in [2.24, 2.45) is 0 Å². The van der Waals surface area contributed by atoms with Gasteiger partial charge in [-0.05, 0) is 44.0 Å².